The highest BCUT2D eigenvalue weighted by Crippen LogP contribution is 2.54. The summed E-state index contributed by atoms with van der Waals surface area (Å²) in [5, 5.41) is 0. The molecule has 1 aliphatic rings. The maximum atomic E-state index is 13.3. The van der Waals surface area contributed by atoms with Gasteiger partial charge in [-0.25, -0.2) is 9.13 Å². The van der Waals surface area contributed by atoms with Gasteiger partial charge in [0.15, 0.2) is 6.67 Å². The van der Waals surface area contributed by atoms with Gasteiger partial charge in [-0.3, -0.25) is 0 Å². The number of halogens is 10. The summed E-state index contributed by atoms with van der Waals surface area (Å²) in [6.07, 6.45) is -20.7. The third-order valence-electron chi connectivity index (χ3n) is 1.79. The molecule has 1 rings (SSSR count). The Kier molecular flexibility index (Phi) is 3.80. The van der Waals surface area contributed by atoms with E-state index >= 15 is 0 Å². The summed E-state index contributed by atoms with van der Waals surface area (Å²) >= 11 is 0. The van der Waals surface area contributed by atoms with Crippen molar-refractivity contribution in [2.75, 3.05) is 6.67 Å². The minimum Gasteiger partial charge on any atom is -0.408 e. The molecule has 3 nitrogen and oxygen atoms in total. The Morgan fingerprint density at radius 1 is 1.05 bits per heavy atom. The van der Waals surface area contributed by atoms with Crippen molar-refractivity contribution in [3.05, 3.63) is 12.0 Å². The van der Waals surface area contributed by atoms with Crippen LogP contribution in [0.3, 0.4) is 0 Å². The molecular formula is C7H2F10O3. The number of hydrogen-bond acceptors (Lipinski definition) is 3. The Morgan fingerprint density at radius 2 is 1.55 bits per heavy atom. The molecule has 0 spiro atoms. The molecule has 1 saturated heterocycles. The lowest BCUT2D eigenvalue weighted by atomic mass is 10.2. The second kappa shape index (κ2) is 4.56. The van der Waals surface area contributed by atoms with Gasteiger partial charge in [0.2, 0.25) is 0 Å². The Hall–Kier alpha value is -1.40. The van der Waals surface area contributed by atoms with E-state index in [-0.39, 0.29) is 0 Å². The summed E-state index contributed by atoms with van der Waals surface area (Å²) < 4.78 is 132. The second-order valence-corrected chi connectivity index (χ2v) is 3.25. The zero-order chi connectivity index (χ0) is 16.0. The molecule has 1 heterocycles. The molecule has 0 amide bonds. The first-order chi connectivity index (χ1) is 8.78. The molecule has 0 bridgehead atoms. The van der Waals surface area contributed by atoms with Crippen molar-refractivity contribution in [3.63, 3.8) is 0 Å². The van der Waals surface area contributed by atoms with E-state index in [1.165, 1.54) is 0 Å². The van der Waals surface area contributed by atoms with Crippen LogP contribution in [0.15, 0.2) is 12.0 Å². The topological polar surface area (TPSA) is 27.7 Å². The van der Waals surface area contributed by atoms with Gasteiger partial charge >= 0.3 is 36.2 Å². The van der Waals surface area contributed by atoms with Crippen LogP contribution in [0, 0.1) is 0 Å². The fourth-order valence-corrected chi connectivity index (χ4v) is 0.976. The van der Waals surface area contributed by atoms with E-state index in [0.29, 0.717) is 0 Å². The normalized spacial score (nSPS) is 26.2. The van der Waals surface area contributed by atoms with Gasteiger partial charge in [0.25, 0.3) is 0 Å². The Balaban J connectivity index is 3.18. The van der Waals surface area contributed by atoms with Crippen molar-refractivity contribution < 1.29 is 58.1 Å². The van der Waals surface area contributed by atoms with E-state index < -0.39 is 42.9 Å². The number of alkyl halides is 8. The number of rotatable bonds is 4. The molecule has 0 aromatic carbocycles. The van der Waals surface area contributed by atoms with Gasteiger partial charge in [0.05, 0.1) is 0 Å². The molecule has 118 valence electrons. The highest BCUT2D eigenvalue weighted by Gasteiger charge is 2.82. The SMILES string of the molecule is FCC(F)(F)OC(F)(F)C1(F)OC(=C(F)F)OC1(F)F. The monoisotopic (exact) mass is 324 g/mol. The first-order valence-electron chi connectivity index (χ1n) is 4.30. The van der Waals surface area contributed by atoms with Crippen LogP contribution < -0.4 is 0 Å². The lowest BCUT2D eigenvalue weighted by Crippen LogP contribution is -2.58. The van der Waals surface area contributed by atoms with Crippen molar-refractivity contribution in [3.8, 4) is 0 Å². The van der Waals surface area contributed by atoms with Crippen molar-refractivity contribution in [2.45, 2.75) is 24.2 Å². The molecule has 1 atom stereocenters. The summed E-state index contributed by atoms with van der Waals surface area (Å²) in [4.78, 5) is 0. The molecule has 13 heteroatoms. The van der Waals surface area contributed by atoms with E-state index in [4.69, 9.17) is 0 Å². The van der Waals surface area contributed by atoms with Gasteiger partial charge in [0.1, 0.15) is 0 Å². The highest BCUT2D eigenvalue weighted by molar-refractivity contribution is 5.02. The lowest BCUT2D eigenvalue weighted by Gasteiger charge is -2.30. The summed E-state index contributed by atoms with van der Waals surface area (Å²) in [5.74, 6) is -8.50. The lowest BCUT2D eigenvalue weighted by molar-refractivity contribution is -0.475. The van der Waals surface area contributed by atoms with Crippen molar-refractivity contribution in [1.29, 1.82) is 0 Å². The van der Waals surface area contributed by atoms with E-state index in [0.717, 1.165) is 0 Å². The van der Waals surface area contributed by atoms with E-state index in [1.54, 1.807) is 0 Å². The summed E-state index contributed by atoms with van der Waals surface area (Å²) in [6, 6.07) is 0. The van der Waals surface area contributed by atoms with Crippen LogP contribution in [0.2, 0.25) is 0 Å². The standard InChI is InChI=1S/C7H2F10O3/c8-1-4(11,12)20-7(16,17)5(13)6(14,15)19-3(18-5)2(9)10/h1H2. The van der Waals surface area contributed by atoms with Crippen LogP contribution in [-0.2, 0) is 14.2 Å². The first kappa shape index (κ1) is 16.7. The van der Waals surface area contributed by atoms with Gasteiger partial charge in [0, 0.05) is 0 Å². The quantitative estimate of drug-likeness (QED) is 0.741. The molecule has 0 aromatic rings. The maximum Gasteiger partial charge on any atom is 0.483 e. The van der Waals surface area contributed by atoms with Gasteiger partial charge in [-0.2, -0.15) is 39.5 Å². The van der Waals surface area contributed by atoms with Gasteiger partial charge in [-0.15, -0.1) is 0 Å². The van der Waals surface area contributed by atoms with Crippen LogP contribution >= 0.6 is 0 Å². The first-order valence-corrected chi connectivity index (χ1v) is 4.30. The summed E-state index contributed by atoms with van der Waals surface area (Å²) in [6.45, 7) is -2.93. The van der Waals surface area contributed by atoms with E-state index in [1.807, 2.05) is 0 Å². The molecular weight excluding hydrogens is 322 g/mol. The average Bonchev–Trinajstić information content (AvgIpc) is 2.50. The van der Waals surface area contributed by atoms with Crippen molar-refractivity contribution in [2.24, 2.45) is 0 Å². The fraction of sp³-hybridized carbons (Fsp3) is 0.714. The zero-order valence-electron chi connectivity index (χ0n) is 8.71. The largest absolute Gasteiger partial charge is 0.483 e. The van der Waals surface area contributed by atoms with Crippen LogP contribution in [0.25, 0.3) is 0 Å². The average molecular weight is 324 g/mol. The zero-order valence-corrected chi connectivity index (χ0v) is 8.71. The molecule has 0 radical (unpaired) electrons. The molecule has 20 heavy (non-hydrogen) atoms. The Morgan fingerprint density at radius 3 is 1.90 bits per heavy atom. The van der Waals surface area contributed by atoms with Crippen molar-refractivity contribution in [1.82, 2.24) is 0 Å². The predicted molar refractivity (Wildman–Crippen MR) is 37.2 cm³/mol. The van der Waals surface area contributed by atoms with E-state index in [2.05, 4.69) is 14.2 Å². The van der Waals surface area contributed by atoms with E-state index in [9.17, 15) is 43.9 Å². The number of ether oxygens (including phenoxy) is 3. The molecule has 0 aliphatic carbocycles. The van der Waals surface area contributed by atoms with Gasteiger partial charge < -0.3 is 9.47 Å². The molecule has 1 unspecified atom stereocenters. The molecule has 0 aromatic heterocycles. The van der Waals surface area contributed by atoms with Crippen LogP contribution in [-0.4, -0.2) is 30.9 Å². The highest BCUT2D eigenvalue weighted by atomic mass is 19.3. The third kappa shape index (κ3) is 2.58. The smallest absolute Gasteiger partial charge is 0.408 e. The molecule has 1 aliphatic heterocycles. The second-order valence-electron chi connectivity index (χ2n) is 3.25. The minimum atomic E-state index is -6.22. The Labute approximate surface area is 102 Å². The van der Waals surface area contributed by atoms with Gasteiger partial charge in [-0.05, 0) is 0 Å². The fourth-order valence-electron chi connectivity index (χ4n) is 0.976. The molecule has 0 saturated carbocycles. The van der Waals surface area contributed by atoms with Crippen LogP contribution in [0.4, 0.5) is 43.9 Å². The summed E-state index contributed by atoms with van der Waals surface area (Å²) in [7, 11) is 0. The van der Waals surface area contributed by atoms with Crippen LogP contribution in [0.1, 0.15) is 0 Å². The maximum absolute atomic E-state index is 13.3. The molecule has 1 fully saturated rings. The minimum absolute atomic E-state index is 2.26. The Bertz CT molecular complexity index is 417. The predicted octanol–water partition coefficient (Wildman–Crippen LogP) is 3.53. The van der Waals surface area contributed by atoms with Crippen LogP contribution in [0.5, 0.6) is 0 Å². The van der Waals surface area contributed by atoms with Crippen molar-refractivity contribution >= 4 is 0 Å². The summed E-state index contributed by atoms with van der Waals surface area (Å²) in [5.41, 5.74) is 0. The van der Waals surface area contributed by atoms with Gasteiger partial charge in [-0.1, -0.05) is 0 Å². The number of hydrogen-bond donors (Lipinski definition) is 0. The molecule has 0 N–H and O–H groups in total. The third-order valence-corrected chi connectivity index (χ3v) is 1.79.